The molecule has 6 heteroatoms. The van der Waals surface area contributed by atoms with Crippen LogP contribution in [-0.2, 0) is 11.2 Å². The molecule has 1 amide bonds. The molecule has 0 bridgehead atoms. The molecule has 25 heavy (non-hydrogen) atoms. The molecule has 2 heterocycles. The van der Waals surface area contributed by atoms with E-state index in [4.69, 9.17) is 0 Å². The maximum absolute atomic E-state index is 12.5. The van der Waals surface area contributed by atoms with Gasteiger partial charge in [0.05, 0.1) is 18.3 Å². The van der Waals surface area contributed by atoms with Crippen LogP contribution in [0, 0.1) is 5.92 Å². The van der Waals surface area contributed by atoms with Crippen molar-refractivity contribution in [2.24, 2.45) is 5.92 Å². The molecule has 3 rings (SSSR count). The van der Waals surface area contributed by atoms with Crippen LogP contribution in [0.3, 0.4) is 0 Å². The maximum atomic E-state index is 12.5. The number of para-hydroxylation sites is 1. The SMILES string of the molecule is CNCCC1CCN(C(=O)Cc2cnn(-c3ccccc3)c2)CC1.Cl. The van der Waals surface area contributed by atoms with E-state index >= 15 is 0 Å². The molecule has 0 saturated carbocycles. The zero-order valence-corrected chi connectivity index (χ0v) is 15.5. The lowest BCUT2D eigenvalue weighted by atomic mass is 9.93. The first kappa shape index (κ1) is 19.5. The Hall–Kier alpha value is -1.85. The molecule has 0 radical (unpaired) electrons. The highest BCUT2D eigenvalue weighted by atomic mass is 35.5. The average molecular weight is 363 g/mol. The Morgan fingerprint density at radius 1 is 1.24 bits per heavy atom. The predicted molar refractivity (Wildman–Crippen MR) is 102 cm³/mol. The van der Waals surface area contributed by atoms with Crippen LogP contribution < -0.4 is 5.32 Å². The third kappa shape index (κ3) is 5.31. The van der Waals surface area contributed by atoms with Crippen LogP contribution in [0.5, 0.6) is 0 Å². The molecule has 0 unspecified atom stereocenters. The van der Waals surface area contributed by atoms with Crippen LogP contribution >= 0.6 is 12.4 Å². The molecule has 1 aromatic carbocycles. The maximum Gasteiger partial charge on any atom is 0.227 e. The lowest BCUT2D eigenvalue weighted by molar-refractivity contribution is -0.131. The summed E-state index contributed by atoms with van der Waals surface area (Å²) in [6.07, 6.45) is 7.64. The molecule has 136 valence electrons. The minimum atomic E-state index is 0. The lowest BCUT2D eigenvalue weighted by Crippen LogP contribution is -2.39. The predicted octanol–water partition coefficient (Wildman–Crippen LogP) is 2.68. The summed E-state index contributed by atoms with van der Waals surface area (Å²) < 4.78 is 1.83. The third-order valence-corrected chi connectivity index (χ3v) is 4.78. The first-order valence-electron chi connectivity index (χ1n) is 8.77. The van der Waals surface area contributed by atoms with E-state index in [9.17, 15) is 4.79 Å². The number of hydrogen-bond donors (Lipinski definition) is 1. The van der Waals surface area contributed by atoms with Crippen LogP contribution in [0.2, 0.25) is 0 Å². The zero-order chi connectivity index (χ0) is 16.8. The van der Waals surface area contributed by atoms with E-state index in [1.807, 2.05) is 53.2 Å². The number of nitrogens with zero attached hydrogens (tertiary/aromatic N) is 3. The zero-order valence-electron chi connectivity index (χ0n) is 14.7. The van der Waals surface area contributed by atoms with Crippen molar-refractivity contribution in [3.8, 4) is 5.69 Å². The summed E-state index contributed by atoms with van der Waals surface area (Å²) in [5, 5.41) is 7.58. The monoisotopic (exact) mass is 362 g/mol. The Bertz CT molecular complexity index is 650. The summed E-state index contributed by atoms with van der Waals surface area (Å²) in [4.78, 5) is 14.5. The number of hydrogen-bond acceptors (Lipinski definition) is 3. The Kier molecular flexibility index (Phi) is 7.47. The third-order valence-electron chi connectivity index (χ3n) is 4.78. The number of rotatable bonds is 6. The van der Waals surface area contributed by atoms with Crippen LogP contribution in [0.1, 0.15) is 24.8 Å². The molecule has 0 spiro atoms. The van der Waals surface area contributed by atoms with Crippen molar-refractivity contribution in [2.45, 2.75) is 25.7 Å². The quantitative estimate of drug-likeness (QED) is 0.859. The normalized spacial score (nSPS) is 15.0. The number of carbonyl (C=O) groups is 1. The summed E-state index contributed by atoms with van der Waals surface area (Å²) in [6.45, 7) is 2.84. The molecule has 1 N–H and O–H groups in total. The second kappa shape index (κ2) is 9.59. The van der Waals surface area contributed by atoms with Gasteiger partial charge in [-0.15, -0.1) is 12.4 Å². The summed E-state index contributed by atoms with van der Waals surface area (Å²) in [7, 11) is 1.99. The fourth-order valence-corrected chi connectivity index (χ4v) is 3.28. The first-order chi connectivity index (χ1) is 11.8. The van der Waals surface area contributed by atoms with Crippen molar-refractivity contribution in [1.82, 2.24) is 20.0 Å². The molecular weight excluding hydrogens is 336 g/mol. The Morgan fingerprint density at radius 2 is 1.96 bits per heavy atom. The average Bonchev–Trinajstić information content (AvgIpc) is 3.09. The number of benzene rings is 1. The summed E-state index contributed by atoms with van der Waals surface area (Å²) in [5.74, 6) is 0.969. The molecular formula is C19H27ClN4O. The van der Waals surface area contributed by atoms with E-state index < -0.39 is 0 Å². The number of aromatic nitrogens is 2. The topological polar surface area (TPSA) is 50.2 Å². The van der Waals surface area contributed by atoms with Gasteiger partial charge in [0.1, 0.15) is 0 Å². The van der Waals surface area contributed by atoms with Gasteiger partial charge in [0.25, 0.3) is 0 Å². The minimum absolute atomic E-state index is 0. The van der Waals surface area contributed by atoms with E-state index in [1.165, 1.54) is 6.42 Å². The van der Waals surface area contributed by atoms with Crippen molar-refractivity contribution in [2.75, 3.05) is 26.7 Å². The van der Waals surface area contributed by atoms with E-state index in [-0.39, 0.29) is 18.3 Å². The molecule has 1 aliphatic heterocycles. The van der Waals surface area contributed by atoms with Gasteiger partial charge >= 0.3 is 0 Å². The fourth-order valence-electron chi connectivity index (χ4n) is 3.28. The molecule has 2 aromatic rings. The second-order valence-corrected chi connectivity index (χ2v) is 6.52. The van der Waals surface area contributed by atoms with Gasteiger partial charge in [-0.05, 0) is 56.5 Å². The van der Waals surface area contributed by atoms with Gasteiger partial charge in [0.15, 0.2) is 0 Å². The minimum Gasteiger partial charge on any atom is -0.342 e. The number of likely N-dealkylation sites (tertiary alicyclic amines) is 1. The first-order valence-corrected chi connectivity index (χ1v) is 8.77. The van der Waals surface area contributed by atoms with Gasteiger partial charge in [0.2, 0.25) is 5.91 Å². The highest BCUT2D eigenvalue weighted by Gasteiger charge is 2.22. The highest BCUT2D eigenvalue weighted by molar-refractivity contribution is 5.85. The standard InChI is InChI=1S/C19H26N4O.ClH/c1-20-10-7-16-8-11-22(12-9-16)19(24)13-17-14-21-23(15-17)18-5-3-2-4-6-18;/h2-6,14-16,20H,7-13H2,1H3;1H. The fraction of sp³-hybridized carbons (Fsp3) is 0.474. The van der Waals surface area contributed by atoms with Crippen molar-refractivity contribution in [1.29, 1.82) is 0 Å². The molecule has 5 nitrogen and oxygen atoms in total. The number of carbonyl (C=O) groups excluding carboxylic acids is 1. The molecule has 0 atom stereocenters. The van der Waals surface area contributed by atoms with Crippen LogP contribution in [0.4, 0.5) is 0 Å². The molecule has 1 saturated heterocycles. The number of piperidine rings is 1. The lowest BCUT2D eigenvalue weighted by Gasteiger charge is -2.32. The van der Waals surface area contributed by atoms with Crippen molar-refractivity contribution < 1.29 is 4.79 Å². The van der Waals surface area contributed by atoms with Crippen LogP contribution in [0.25, 0.3) is 5.69 Å². The van der Waals surface area contributed by atoms with E-state index in [0.717, 1.165) is 49.6 Å². The second-order valence-electron chi connectivity index (χ2n) is 6.52. The molecule has 1 aromatic heterocycles. The number of halogens is 1. The largest absolute Gasteiger partial charge is 0.342 e. The van der Waals surface area contributed by atoms with Gasteiger partial charge in [-0.3, -0.25) is 4.79 Å². The van der Waals surface area contributed by atoms with E-state index in [2.05, 4.69) is 10.4 Å². The smallest absolute Gasteiger partial charge is 0.227 e. The van der Waals surface area contributed by atoms with Gasteiger partial charge in [0, 0.05) is 19.3 Å². The molecule has 0 aliphatic carbocycles. The van der Waals surface area contributed by atoms with Crippen molar-refractivity contribution >= 4 is 18.3 Å². The van der Waals surface area contributed by atoms with Gasteiger partial charge in [-0.1, -0.05) is 18.2 Å². The van der Waals surface area contributed by atoms with Gasteiger partial charge in [-0.25, -0.2) is 4.68 Å². The number of amides is 1. The van der Waals surface area contributed by atoms with Crippen molar-refractivity contribution in [3.05, 3.63) is 48.3 Å². The Balaban J connectivity index is 0.00000225. The van der Waals surface area contributed by atoms with Gasteiger partial charge in [-0.2, -0.15) is 5.10 Å². The Labute approximate surface area is 155 Å². The highest BCUT2D eigenvalue weighted by Crippen LogP contribution is 2.20. The van der Waals surface area contributed by atoms with Crippen molar-refractivity contribution in [3.63, 3.8) is 0 Å². The number of nitrogens with one attached hydrogen (secondary N) is 1. The molecule has 1 fully saturated rings. The summed E-state index contributed by atoms with van der Waals surface area (Å²) in [6, 6.07) is 9.97. The Morgan fingerprint density at radius 3 is 2.64 bits per heavy atom. The van der Waals surface area contributed by atoms with E-state index in [0.29, 0.717) is 6.42 Å². The summed E-state index contributed by atoms with van der Waals surface area (Å²) in [5.41, 5.74) is 1.99. The van der Waals surface area contributed by atoms with Crippen LogP contribution in [-0.4, -0.2) is 47.3 Å². The van der Waals surface area contributed by atoms with E-state index in [1.54, 1.807) is 6.20 Å². The van der Waals surface area contributed by atoms with Crippen LogP contribution in [0.15, 0.2) is 42.7 Å². The summed E-state index contributed by atoms with van der Waals surface area (Å²) >= 11 is 0. The molecule has 1 aliphatic rings. The van der Waals surface area contributed by atoms with Gasteiger partial charge < -0.3 is 10.2 Å².